The highest BCUT2D eigenvalue weighted by Gasteiger charge is 2.35. The summed E-state index contributed by atoms with van der Waals surface area (Å²) in [5.41, 5.74) is 0.520. The fourth-order valence-corrected chi connectivity index (χ4v) is 3.97. The number of fused-ring (bicyclic) bond motifs is 2. The second-order valence-electron chi connectivity index (χ2n) is 7.55. The second kappa shape index (κ2) is 8.40. The number of hydrogen-bond acceptors (Lipinski definition) is 3. The number of amides is 2. The largest absolute Gasteiger partial charge is 0.340 e. The van der Waals surface area contributed by atoms with Crippen molar-refractivity contribution in [2.45, 2.75) is 57.7 Å². The Kier molecular flexibility index (Phi) is 6.20. The Labute approximate surface area is 160 Å². The van der Waals surface area contributed by atoms with Crippen LogP contribution in [0.15, 0.2) is 24.3 Å². The van der Waals surface area contributed by atoms with Crippen molar-refractivity contribution < 1.29 is 9.59 Å². The zero-order valence-corrected chi connectivity index (χ0v) is 16.3. The number of hydrogen-bond donors (Lipinski definition) is 2. The van der Waals surface area contributed by atoms with Crippen LogP contribution in [0, 0.1) is 5.92 Å². The minimum atomic E-state index is -0.500. The number of rotatable bonds is 5. The van der Waals surface area contributed by atoms with Crippen LogP contribution in [0.25, 0.3) is 0 Å². The Hall–Kier alpha value is -1.59. The van der Waals surface area contributed by atoms with E-state index < -0.39 is 6.04 Å². The minimum Gasteiger partial charge on any atom is -0.340 e. The summed E-state index contributed by atoms with van der Waals surface area (Å²) >= 11 is 5.89. The Morgan fingerprint density at radius 1 is 1.23 bits per heavy atom. The van der Waals surface area contributed by atoms with Crippen LogP contribution < -0.4 is 10.6 Å². The molecule has 4 unspecified atom stereocenters. The van der Waals surface area contributed by atoms with E-state index in [0.29, 0.717) is 22.7 Å². The predicted octanol–water partition coefficient (Wildman–Crippen LogP) is 2.84. The molecule has 2 aliphatic rings. The van der Waals surface area contributed by atoms with Crippen LogP contribution in [0.1, 0.15) is 49.9 Å². The van der Waals surface area contributed by atoms with Crippen molar-refractivity contribution in [1.29, 1.82) is 0 Å². The number of carbonyl (C=O) groups is 2. The molecule has 1 aromatic rings. The van der Waals surface area contributed by atoms with Gasteiger partial charge in [-0.25, -0.2) is 0 Å². The Bertz CT molecular complexity index is 649. The first-order valence-corrected chi connectivity index (χ1v) is 9.97. The summed E-state index contributed by atoms with van der Waals surface area (Å²) in [6.45, 7) is 5.56. The van der Waals surface area contributed by atoms with Crippen LogP contribution in [0.2, 0.25) is 5.02 Å². The molecule has 0 saturated carbocycles. The van der Waals surface area contributed by atoms with Gasteiger partial charge in [0.15, 0.2) is 0 Å². The van der Waals surface area contributed by atoms with Crippen LogP contribution in [-0.4, -0.2) is 47.9 Å². The number of halogens is 1. The van der Waals surface area contributed by atoms with Crippen molar-refractivity contribution in [3.8, 4) is 0 Å². The number of nitrogens with zero attached hydrogens (tertiary/aromatic N) is 1. The van der Waals surface area contributed by atoms with Gasteiger partial charge in [0, 0.05) is 35.8 Å². The lowest BCUT2D eigenvalue weighted by molar-refractivity contribution is -0.134. The summed E-state index contributed by atoms with van der Waals surface area (Å²) < 4.78 is 0. The lowest BCUT2D eigenvalue weighted by Gasteiger charge is -2.31. The number of carbonyl (C=O) groups excluding carboxylic acids is 2. The molecule has 2 fully saturated rings. The summed E-state index contributed by atoms with van der Waals surface area (Å²) in [5.74, 6) is -0.113. The smallest absolute Gasteiger partial charge is 0.251 e. The maximum Gasteiger partial charge on any atom is 0.251 e. The highest BCUT2D eigenvalue weighted by Crippen LogP contribution is 2.22. The minimum absolute atomic E-state index is 0.0380. The van der Waals surface area contributed by atoms with Crippen molar-refractivity contribution in [3.63, 3.8) is 0 Å². The fourth-order valence-electron chi connectivity index (χ4n) is 3.85. The highest BCUT2D eigenvalue weighted by molar-refractivity contribution is 6.30. The van der Waals surface area contributed by atoms with Crippen LogP contribution in [0.4, 0.5) is 0 Å². The summed E-state index contributed by atoms with van der Waals surface area (Å²) in [5, 5.41) is 7.16. The molecule has 2 N–H and O–H groups in total. The van der Waals surface area contributed by atoms with E-state index in [2.05, 4.69) is 10.6 Å². The normalized spacial score (nSPS) is 24.7. The van der Waals surface area contributed by atoms with E-state index in [1.54, 1.807) is 24.3 Å². The molecule has 2 saturated heterocycles. The molecule has 2 heterocycles. The fraction of sp³-hybridized carbons (Fsp3) is 0.600. The molecule has 0 aromatic heterocycles. The van der Waals surface area contributed by atoms with Crippen molar-refractivity contribution in [2.24, 2.45) is 5.92 Å². The zero-order chi connectivity index (χ0) is 18.7. The zero-order valence-electron chi connectivity index (χ0n) is 15.5. The maximum absolute atomic E-state index is 13.2. The van der Waals surface area contributed by atoms with Crippen LogP contribution in [0.5, 0.6) is 0 Å². The average Bonchev–Trinajstić information content (AvgIpc) is 2.97. The van der Waals surface area contributed by atoms with E-state index >= 15 is 0 Å². The molecule has 5 nitrogen and oxygen atoms in total. The predicted molar refractivity (Wildman–Crippen MR) is 103 cm³/mol. The van der Waals surface area contributed by atoms with Crippen molar-refractivity contribution >= 4 is 23.4 Å². The summed E-state index contributed by atoms with van der Waals surface area (Å²) in [6, 6.07) is 7.16. The molecule has 142 valence electrons. The van der Waals surface area contributed by atoms with E-state index in [1.165, 1.54) is 6.42 Å². The molecule has 0 spiro atoms. The molecule has 1 aromatic carbocycles. The van der Waals surface area contributed by atoms with Gasteiger partial charge in [0.25, 0.3) is 5.91 Å². The van der Waals surface area contributed by atoms with Gasteiger partial charge < -0.3 is 15.5 Å². The summed E-state index contributed by atoms with van der Waals surface area (Å²) in [7, 11) is 0. The molecule has 0 radical (unpaired) electrons. The third-order valence-electron chi connectivity index (χ3n) is 5.71. The van der Waals surface area contributed by atoms with E-state index in [9.17, 15) is 9.59 Å². The van der Waals surface area contributed by atoms with Crippen molar-refractivity contribution in [2.75, 3.05) is 13.1 Å². The first-order chi connectivity index (χ1) is 12.5. The van der Waals surface area contributed by atoms with Gasteiger partial charge in [0.05, 0.1) is 0 Å². The third-order valence-corrected chi connectivity index (χ3v) is 5.96. The van der Waals surface area contributed by atoms with E-state index in [1.807, 2.05) is 18.7 Å². The van der Waals surface area contributed by atoms with Gasteiger partial charge in [0.1, 0.15) is 6.04 Å². The van der Waals surface area contributed by atoms with E-state index in [0.717, 1.165) is 32.4 Å². The SMILES string of the molecule is CCC(C)C(NC(=O)c1ccc(Cl)cc1)C(=O)N1CCC2CCC(C1)N2. The molecule has 0 aliphatic carbocycles. The molecule has 3 rings (SSSR count). The van der Waals surface area contributed by atoms with Crippen LogP contribution in [0.3, 0.4) is 0 Å². The second-order valence-corrected chi connectivity index (χ2v) is 7.99. The molecular formula is C20H28ClN3O2. The molecule has 6 heteroatoms. The van der Waals surface area contributed by atoms with Gasteiger partial charge in [-0.15, -0.1) is 0 Å². The lowest BCUT2D eigenvalue weighted by atomic mass is 9.96. The third kappa shape index (κ3) is 4.38. The number of nitrogens with one attached hydrogen (secondary N) is 2. The number of likely N-dealkylation sites (tertiary alicyclic amines) is 1. The Morgan fingerprint density at radius 3 is 2.62 bits per heavy atom. The molecule has 2 amide bonds. The highest BCUT2D eigenvalue weighted by atomic mass is 35.5. The van der Waals surface area contributed by atoms with E-state index in [-0.39, 0.29) is 17.7 Å². The summed E-state index contributed by atoms with van der Waals surface area (Å²) in [4.78, 5) is 27.8. The van der Waals surface area contributed by atoms with Crippen LogP contribution in [-0.2, 0) is 4.79 Å². The molecule has 4 atom stereocenters. The lowest BCUT2D eigenvalue weighted by Crippen LogP contribution is -2.53. The van der Waals surface area contributed by atoms with Crippen molar-refractivity contribution in [1.82, 2.24) is 15.5 Å². The molecule has 2 aliphatic heterocycles. The van der Waals surface area contributed by atoms with Gasteiger partial charge in [0.2, 0.25) is 5.91 Å². The van der Waals surface area contributed by atoms with Crippen molar-refractivity contribution in [3.05, 3.63) is 34.9 Å². The maximum atomic E-state index is 13.2. The number of benzene rings is 1. The first kappa shape index (κ1) is 19.2. The standard InChI is InChI=1S/C20H28ClN3O2/c1-3-13(2)18(23-19(25)14-4-6-15(21)7-5-14)20(26)24-11-10-16-8-9-17(12-24)22-16/h4-7,13,16-18,22H,3,8-12H2,1-2H3,(H,23,25). The molecule has 2 bridgehead atoms. The monoisotopic (exact) mass is 377 g/mol. The molecular weight excluding hydrogens is 350 g/mol. The average molecular weight is 378 g/mol. The molecule has 26 heavy (non-hydrogen) atoms. The van der Waals surface area contributed by atoms with Gasteiger partial charge in [-0.3, -0.25) is 9.59 Å². The topological polar surface area (TPSA) is 61.4 Å². The van der Waals surface area contributed by atoms with Gasteiger partial charge >= 0.3 is 0 Å². The Morgan fingerprint density at radius 2 is 1.92 bits per heavy atom. The van der Waals surface area contributed by atoms with Gasteiger partial charge in [-0.05, 0) is 49.4 Å². The van der Waals surface area contributed by atoms with Gasteiger partial charge in [-0.2, -0.15) is 0 Å². The quantitative estimate of drug-likeness (QED) is 0.829. The first-order valence-electron chi connectivity index (χ1n) is 9.59. The summed E-state index contributed by atoms with van der Waals surface area (Å²) in [6.07, 6.45) is 4.14. The van der Waals surface area contributed by atoms with Crippen LogP contribution >= 0.6 is 11.6 Å². The Balaban J connectivity index is 1.71. The van der Waals surface area contributed by atoms with Gasteiger partial charge in [-0.1, -0.05) is 31.9 Å². The van der Waals surface area contributed by atoms with E-state index in [4.69, 9.17) is 11.6 Å².